The van der Waals surface area contributed by atoms with E-state index in [0.717, 1.165) is 17.8 Å². The summed E-state index contributed by atoms with van der Waals surface area (Å²) in [5.41, 5.74) is 1.34. The number of ether oxygens (including phenoxy) is 1. The molecule has 9 heteroatoms. The zero-order chi connectivity index (χ0) is 26.0. The van der Waals surface area contributed by atoms with Gasteiger partial charge in [-0.05, 0) is 49.1 Å². The van der Waals surface area contributed by atoms with Gasteiger partial charge >= 0.3 is 5.91 Å². The number of aryl methyl sites for hydroxylation is 1. The summed E-state index contributed by atoms with van der Waals surface area (Å²) in [6.07, 6.45) is 3.86. The summed E-state index contributed by atoms with van der Waals surface area (Å²) in [5, 5.41) is 11.4. The van der Waals surface area contributed by atoms with E-state index in [1.165, 1.54) is 24.2 Å². The van der Waals surface area contributed by atoms with Crippen LogP contribution in [0, 0.1) is 12.8 Å². The largest absolute Gasteiger partial charge is 0.507 e. The Labute approximate surface area is 213 Å². The van der Waals surface area contributed by atoms with E-state index in [1.54, 1.807) is 43.3 Å². The minimum atomic E-state index is -0.961. The molecular weight excluding hydrogens is 478 g/mol. The molecule has 1 amide bonds. The Bertz CT molecular complexity index is 1350. The second kappa shape index (κ2) is 10.4. The lowest BCUT2D eigenvalue weighted by atomic mass is 9.95. The van der Waals surface area contributed by atoms with Crippen molar-refractivity contribution in [2.45, 2.75) is 40.2 Å². The van der Waals surface area contributed by atoms with Crippen LogP contribution in [0.3, 0.4) is 0 Å². The smallest absolute Gasteiger partial charge is 0.301 e. The van der Waals surface area contributed by atoms with Gasteiger partial charge in [0.05, 0.1) is 28.8 Å². The van der Waals surface area contributed by atoms with E-state index < -0.39 is 17.7 Å². The molecule has 2 aromatic heterocycles. The zero-order valence-corrected chi connectivity index (χ0v) is 21.3. The maximum atomic E-state index is 13.3. The first kappa shape index (κ1) is 25.2. The van der Waals surface area contributed by atoms with Gasteiger partial charge in [-0.2, -0.15) is 0 Å². The van der Waals surface area contributed by atoms with Crippen molar-refractivity contribution < 1.29 is 24.2 Å². The number of aliphatic hydroxyl groups excluding tert-OH is 1. The fraction of sp³-hybridized carbons (Fsp3) is 0.296. The zero-order valence-electron chi connectivity index (χ0n) is 20.5. The van der Waals surface area contributed by atoms with Gasteiger partial charge in [0.2, 0.25) is 0 Å². The summed E-state index contributed by atoms with van der Waals surface area (Å²) in [6, 6.07) is 9.28. The first-order chi connectivity index (χ1) is 17.2. The number of pyridine rings is 1. The van der Waals surface area contributed by atoms with Crippen LogP contribution in [0.5, 0.6) is 5.75 Å². The van der Waals surface area contributed by atoms with Gasteiger partial charge in [0, 0.05) is 24.9 Å². The number of nitrogens with zero attached hydrogens (tertiary/aromatic N) is 3. The Morgan fingerprint density at radius 2 is 1.92 bits per heavy atom. The molecule has 3 aromatic rings. The van der Waals surface area contributed by atoms with Gasteiger partial charge < -0.3 is 9.84 Å². The monoisotopic (exact) mass is 505 g/mol. The van der Waals surface area contributed by atoms with Gasteiger partial charge in [0.1, 0.15) is 11.5 Å². The number of carbonyl (C=O) groups excluding carboxylic acids is 3. The standard InChI is InChI=1S/C27H27N3O5S/c1-15(2)10-13-35-20-7-5-6-19(14-20)22-21(23(32)18-8-11-28-12-9-18)24(33)26(34)30(22)27-29-16(3)25(36-27)17(4)31/h5-9,11-12,14-15,22,32H,10,13H2,1-4H3/b23-21+. The lowest BCUT2D eigenvalue weighted by molar-refractivity contribution is -0.132. The number of aromatic nitrogens is 2. The number of anilines is 1. The Morgan fingerprint density at radius 3 is 2.56 bits per heavy atom. The third-order valence-electron chi connectivity index (χ3n) is 5.85. The minimum absolute atomic E-state index is 0.0669. The van der Waals surface area contributed by atoms with Gasteiger partial charge in [-0.15, -0.1) is 0 Å². The van der Waals surface area contributed by atoms with E-state index in [0.29, 0.717) is 40.0 Å². The normalized spacial score (nSPS) is 17.1. The highest BCUT2D eigenvalue weighted by Crippen LogP contribution is 2.44. The van der Waals surface area contributed by atoms with Crippen LogP contribution in [0.1, 0.15) is 59.7 Å². The number of carbonyl (C=O) groups is 3. The Hall–Kier alpha value is -3.85. The summed E-state index contributed by atoms with van der Waals surface area (Å²) in [5.74, 6) is -1.09. The second-order valence-electron chi connectivity index (χ2n) is 8.98. The number of thiazole rings is 1. The third kappa shape index (κ3) is 4.92. The maximum Gasteiger partial charge on any atom is 0.301 e. The molecule has 186 valence electrons. The van der Waals surface area contributed by atoms with E-state index in [2.05, 4.69) is 23.8 Å². The fourth-order valence-electron chi connectivity index (χ4n) is 4.01. The predicted molar refractivity (Wildman–Crippen MR) is 137 cm³/mol. The number of hydrogen-bond acceptors (Lipinski definition) is 8. The van der Waals surface area contributed by atoms with Crippen LogP contribution in [0.25, 0.3) is 5.76 Å². The highest BCUT2D eigenvalue weighted by Gasteiger charge is 2.48. The molecule has 0 aliphatic carbocycles. The van der Waals surface area contributed by atoms with Crippen molar-refractivity contribution in [3.8, 4) is 5.75 Å². The molecule has 1 atom stereocenters. The Kier molecular flexibility index (Phi) is 7.30. The van der Waals surface area contributed by atoms with Crippen molar-refractivity contribution in [3.63, 3.8) is 0 Å². The molecule has 1 aromatic carbocycles. The lowest BCUT2D eigenvalue weighted by Gasteiger charge is -2.23. The van der Waals surface area contributed by atoms with Crippen molar-refractivity contribution >= 4 is 39.7 Å². The molecule has 1 saturated heterocycles. The van der Waals surface area contributed by atoms with Crippen molar-refractivity contribution in [1.29, 1.82) is 0 Å². The van der Waals surface area contributed by atoms with Crippen LogP contribution in [-0.4, -0.2) is 39.2 Å². The molecule has 36 heavy (non-hydrogen) atoms. The van der Waals surface area contributed by atoms with E-state index in [9.17, 15) is 19.5 Å². The summed E-state index contributed by atoms with van der Waals surface area (Å²) in [7, 11) is 0. The number of benzene rings is 1. The molecule has 8 nitrogen and oxygen atoms in total. The number of Topliss-reactive ketones (excluding diaryl/α,β-unsaturated/α-hetero) is 2. The number of rotatable bonds is 8. The number of hydrogen-bond donors (Lipinski definition) is 1. The first-order valence-electron chi connectivity index (χ1n) is 11.6. The summed E-state index contributed by atoms with van der Waals surface area (Å²) >= 11 is 1.05. The molecule has 0 bridgehead atoms. The topological polar surface area (TPSA) is 110 Å². The average molecular weight is 506 g/mol. The molecule has 1 aliphatic heterocycles. The van der Waals surface area contributed by atoms with Crippen LogP contribution in [0.2, 0.25) is 0 Å². The molecule has 1 unspecified atom stereocenters. The summed E-state index contributed by atoms with van der Waals surface area (Å²) in [4.78, 5) is 48.8. The van der Waals surface area contributed by atoms with Crippen LogP contribution < -0.4 is 9.64 Å². The summed E-state index contributed by atoms with van der Waals surface area (Å²) < 4.78 is 5.91. The number of aliphatic hydroxyl groups is 1. The van der Waals surface area contributed by atoms with Crippen molar-refractivity contribution in [3.05, 3.63) is 76.1 Å². The van der Waals surface area contributed by atoms with Crippen LogP contribution in [0.4, 0.5) is 5.13 Å². The van der Waals surface area contributed by atoms with E-state index in [4.69, 9.17) is 4.74 Å². The highest BCUT2D eigenvalue weighted by molar-refractivity contribution is 7.18. The Balaban J connectivity index is 1.86. The Morgan fingerprint density at radius 1 is 1.19 bits per heavy atom. The molecule has 1 N–H and O–H groups in total. The van der Waals surface area contributed by atoms with Gasteiger partial charge in [-0.1, -0.05) is 37.3 Å². The van der Waals surface area contributed by atoms with Gasteiger partial charge in [-0.3, -0.25) is 24.3 Å². The SMILES string of the molecule is CC(=O)c1sc(N2C(=O)C(=O)/C(=C(/O)c3ccncc3)C2c2cccc(OCCC(C)C)c2)nc1C. The van der Waals surface area contributed by atoms with Crippen LogP contribution in [0.15, 0.2) is 54.4 Å². The fourth-order valence-corrected chi connectivity index (χ4v) is 5.00. The highest BCUT2D eigenvalue weighted by atomic mass is 32.1. The van der Waals surface area contributed by atoms with Crippen molar-refractivity contribution in [1.82, 2.24) is 9.97 Å². The molecule has 3 heterocycles. The molecule has 0 radical (unpaired) electrons. The summed E-state index contributed by atoms with van der Waals surface area (Å²) in [6.45, 7) is 7.85. The van der Waals surface area contributed by atoms with Crippen LogP contribution >= 0.6 is 11.3 Å². The molecule has 0 saturated carbocycles. The predicted octanol–water partition coefficient (Wildman–Crippen LogP) is 5.10. The van der Waals surface area contributed by atoms with E-state index in [1.807, 2.05) is 0 Å². The maximum absolute atomic E-state index is 13.3. The average Bonchev–Trinajstić information content (AvgIpc) is 3.36. The number of ketones is 2. The first-order valence-corrected chi connectivity index (χ1v) is 12.4. The van der Waals surface area contributed by atoms with Gasteiger partial charge in [0.15, 0.2) is 10.9 Å². The lowest BCUT2D eigenvalue weighted by Crippen LogP contribution is -2.29. The minimum Gasteiger partial charge on any atom is -0.507 e. The van der Waals surface area contributed by atoms with E-state index in [-0.39, 0.29) is 22.2 Å². The number of amides is 1. The molecule has 0 spiro atoms. The van der Waals surface area contributed by atoms with Crippen LogP contribution in [-0.2, 0) is 9.59 Å². The van der Waals surface area contributed by atoms with Gasteiger partial charge in [0.25, 0.3) is 5.78 Å². The molecule has 4 rings (SSSR count). The second-order valence-corrected chi connectivity index (χ2v) is 9.95. The van der Waals surface area contributed by atoms with Crippen molar-refractivity contribution in [2.75, 3.05) is 11.5 Å². The molecule has 1 aliphatic rings. The van der Waals surface area contributed by atoms with E-state index >= 15 is 0 Å². The van der Waals surface area contributed by atoms with Gasteiger partial charge in [-0.25, -0.2) is 4.98 Å². The molecular formula is C27H27N3O5S. The quantitative estimate of drug-likeness (QED) is 0.196. The van der Waals surface area contributed by atoms with Crippen molar-refractivity contribution in [2.24, 2.45) is 5.92 Å². The molecule has 1 fully saturated rings. The third-order valence-corrected chi connectivity index (χ3v) is 7.10.